The first kappa shape index (κ1) is 11.3. The molecule has 0 atom stereocenters. The molecular formula is C11H8BrN3. The molecule has 0 amide bonds. The van der Waals surface area contributed by atoms with Crippen LogP contribution >= 0.6 is 15.9 Å². The van der Waals surface area contributed by atoms with E-state index in [4.69, 9.17) is 10.5 Å². The Balaban J connectivity index is 2.91. The summed E-state index contributed by atoms with van der Waals surface area (Å²) in [5.41, 5.74) is 1.56. The van der Waals surface area contributed by atoms with Crippen LogP contribution in [0.15, 0.2) is 29.3 Å². The third-order valence-electron chi connectivity index (χ3n) is 1.74. The Kier molecular flexibility index (Phi) is 3.91. The molecule has 0 aliphatic heterocycles. The first-order valence-electron chi connectivity index (χ1n) is 4.18. The lowest BCUT2D eigenvalue weighted by Gasteiger charge is -2.05. The minimum absolute atomic E-state index is 0.377. The maximum atomic E-state index is 8.80. The van der Waals surface area contributed by atoms with E-state index in [2.05, 4.69) is 27.8 Å². The van der Waals surface area contributed by atoms with Gasteiger partial charge in [0.25, 0.3) is 0 Å². The summed E-state index contributed by atoms with van der Waals surface area (Å²) in [4.78, 5) is 0. The number of anilines is 1. The van der Waals surface area contributed by atoms with Gasteiger partial charge in [-0.2, -0.15) is 10.5 Å². The molecule has 0 fully saturated rings. The van der Waals surface area contributed by atoms with Crippen molar-refractivity contribution < 1.29 is 0 Å². The van der Waals surface area contributed by atoms with Gasteiger partial charge in [0.05, 0.1) is 11.1 Å². The summed E-state index contributed by atoms with van der Waals surface area (Å²) in [5, 5.41) is 20.6. The molecule has 1 N–H and O–H groups in total. The predicted octanol–water partition coefficient (Wildman–Crippen LogP) is 2.75. The number of benzene rings is 1. The SMILES string of the molecule is C=C(Br)CNc1ccc(C#N)c(C#N)c1. The lowest BCUT2D eigenvalue weighted by Crippen LogP contribution is -2.01. The summed E-state index contributed by atoms with van der Waals surface area (Å²) in [6.45, 7) is 4.26. The van der Waals surface area contributed by atoms with Crippen LogP contribution < -0.4 is 5.32 Å². The summed E-state index contributed by atoms with van der Waals surface area (Å²) in [5.74, 6) is 0. The highest BCUT2D eigenvalue weighted by Crippen LogP contribution is 2.15. The smallest absolute Gasteiger partial charge is 0.101 e. The number of halogens is 1. The Bertz CT molecular complexity index is 466. The minimum atomic E-state index is 0.377. The zero-order chi connectivity index (χ0) is 11.3. The van der Waals surface area contributed by atoms with E-state index in [9.17, 15) is 0 Å². The monoisotopic (exact) mass is 261 g/mol. The first-order chi connectivity index (χ1) is 7.17. The molecule has 3 nitrogen and oxygen atoms in total. The van der Waals surface area contributed by atoms with Crippen molar-refractivity contribution in [3.8, 4) is 12.1 Å². The van der Waals surface area contributed by atoms with Gasteiger partial charge in [-0.05, 0) is 18.2 Å². The Morgan fingerprint density at radius 3 is 2.53 bits per heavy atom. The van der Waals surface area contributed by atoms with Crippen molar-refractivity contribution in [2.45, 2.75) is 0 Å². The molecule has 0 saturated heterocycles. The van der Waals surface area contributed by atoms with Gasteiger partial charge in [-0.15, -0.1) is 0 Å². The van der Waals surface area contributed by atoms with Gasteiger partial charge in [0, 0.05) is 16.7 Å². The molecule has 0 aliphatic rings. The number of rotatable bonds is 3. The quantitative estimate of drug-likeness (QED) is 0.911. The Hall–Kier alpha value is -1.78. The Morgan fingerprint density at radius 2 is 2.00 bits per heavy atom. The first-order valence-corrected chi connectivity index (χ1v) is 4.98. The average molecular weight is 262 g/mol. The summed E-state index contributed by atoms with van der Waals surface area (Å²) in [6, 6.07) is 8.97. The van der Waals surface area contributed by atoms with E-state index in [1.54, 1.807) is 18.2 Å². The molecule has 0 bridgehead atoms. The average Bonchev–Trinajstić information content (AvgIpc) is 2.25. The molecular weight excluding hydrogens is 254 g/mol. The number of nitriles is 2. The molecule has 0 radical (unpaired) electrons. The second kappa shape index (κ2) is 5.19. The standard InChI is InChI=1S/C11H8BrN3/c1-8(12)7-15-11-3-2-9(5-13)10(4-11)6-14/h2-4,15H,1,7H2. The van der Waals surface area contributed by atoms with Gasteiger partial charge in [-0.25, -0.2) is 0 Å². The lowest BCUT2D eigenvalue weighted by molar-refractivity contribution is 1.32. The Morgan fingerprint density at radius 1 is 1.33 bits per heavy atom. The maximum absolute atomic E-state index is 8.80. The van der Waals surface area contributed by atoms with Crippen molar-refractivity contribution in [1.29, 1.82) is 10.5 Å². The van der Waals surface area contributed by atoms with Crippen molar-refractivity contribution in [3.63, 3.8) is 0 Å². The van der Waals surface area contributed by atoms with Gasteiger partial charge >= 0.3 is 0 Å². The molecule has 15 heavy (non-hydrogen) atoms. The normalized spacial score (nSPS) is 8.73. The van der Waals surface area contributed by atoms with Crippen LogP contribution in [0.5, 0.6) is 0 Å². The van der Waals surface area contributed by atoms with E-state index in [0.29, 0.717) is 17.7 Å². The number of nitrogens with one attached hydrogen (secondary N) is 1. The van der Waals surface area contributed by atoms with E-state index < -0.39 is 0 Å². The van der Waals surface area contributed by atoms with E-state index >= 15 is 0 Å². The molecule has 1 aromatic carbocycles. The fourth-order valence-electron chi connectivity index (χ4n) is 1.04. The van der Waals surface area contributed by atoms with Crippen molar-refractivity contribution in [2.24, 2.45) is 0 Å². The van der Waals surface area contributed by atoms with E-state index in [1.165, 1.54) is 0 Å². The van der Waals surface area contributed by atoms with E-state index in [1.807, 2.05) is 12.1 Å². The fourth-order valence-corrected chi connectivity index (χ4v) is 1.18. The van der Waals surface area contributed by atoms with Gasteiger partial charge in [0.1, 0.15) is 12.1 Å². The summed E-state index contributed by atoms with van der Waals surface area (Å²) in [6.07, 6.45) is 0. The zero-order valence-electron chi connectivity index (χ0n) is 7.92. The summed E-state index contributed by atoms with van der Waals surface area (Å²) >= 11 is 3.22. The number of hydrogen-bond acceptors (Lipinski definition) is 3. The van der Waals surface area contributed by atoms with Gasteiger partial charge in [-0.1, -0.05) is 22.5 Å². The van der Waals surface area contributed by atoms with Crippen LogP contribution in [-0.2, 0) is 0 Å². The van der Waals surface area contributed by atoms with Crippen LogP contribution in [-0.4, -0.2) is 6.54 Å². The number of hydrogen-bond donors (Lipinski definition) is 1. The van der Waals surface area contributed by atoms with E-state index in [0.717, 1.165) is 10.2 Å². The van der Waals surface area contributed by atoms with Crippen LogP contribution in [0.1, 0.15) is 11.1 Å². The predicted molar refractivity (Wildman–Crippen MR) is 62.4 cm³/mol. The molecule has 1 rings (SSSR count). The number of nitrogens with zero attached hydrogens (tertiary/aromatic N) is 2. The van der Waals surface area contributed by atoms with Crippen molar-refractivity contribution in [2.75, 3.05) is 11.9 Å². The van der Waals surface area contributed by atoms with Crippen LogP contribution in [0.25, 0.3) is 0 Å². The summed E-state index contributed by atoms with van der Waals surface area (Å²) in [7, 11) is 0. The molecule has 74 valence electrons. The van der Waals surface area contributed by atoms with E-state index in [-0.39, 0.29) is 0 Å². The zero-order valence-corrected chi connectivity index (χ0v) is 9.50. The van der Waals surface area contributed by atoms with Crippen LogP contribution in [0.3, 0.4) is 0 Å². The van der Waals surface area contributed by atoms with Gasteiger partial charge < -0.3 is 5.32 Å². The maximum Gasteiger partial charge on any atom is 0.101 e. The third kappa shape index (κ3) is 3.12. The topological polar surface area (TPSA) is 59.6 Å². The Labute approximate surface area is 96.8 Å². The van der Waals surface area contributed by atoms with Crippen LogP contribution in [0, 0.1) is 22.7 Å². The molecule has 4 heteroatoms. The highest BCUT2D eigenvalue weighted by atomic mass is 79.9. The highest BCUT2D eigenvalue weighted by Gasteiger charge is 2.02. The molecule has 1 aromatic rings. The second-order valence-electron chi connectivity index (χ2n) is 2.85. The molecule has 0 heterocycles. The van der Waals surface area contributed by atoms with Crippen LogP contribution in [0.2, 0.25) is 0 Å². The van der Waals surface area contributed by atoms with Gasteiger partial charge in [0.2, 0.25) is 0 Å². The summed E-state index contributed by atoms with van der Waals surface area (Å²) < 4.78 is 0.824. The lowest BCUT2D eigenvalue weighted by atomic mass is 10.1. The fraction of sp³-hybridized carbons (Fsp3) is 0.0909. The third-order valence-corrected chi connectivity index (χ3v) is 2.03. The molecule has 0 aromatic heterocycles. The molecule has 0 aliphatic carbocycles. The van der Waals surface area contributed by atoms with Gasteiger partial charge in [-0.3, -0.25) is 0 Å². The van der Waals surface area contributed by atoms with Crippen molar-refractivity contribution >= 4 is 21.6 Å². The van der Waals surface area contributed by atoms with Crippen LogP contribution in [0.4, 0.5) is 5.69 Å². The van der Waals surface area contributed by atoms with Crippen molar-refractivity contribution in [1.82, 2.24) is 0 Å². The largest absolute Gasteiger partial charge is 0.380 e. The highest BCUT2D eigenvalue weighted by molar-refractivity contribution is 9.11. The molecule has 0 saturated carbocycles. The second-order valence-corrected chi connectivity index (χ2v) is 3.98. The van der Waals surface area contributed by atoms with Crippen molar-refractivity contribution in [3.05, 3.63) is 40.4 Å². The van der Waals surface area contributed by atoms with Gasteiger partial charge in [0.15, 0.2) is 0 Å². The molecule has 0 spiro atoms. The molecule has 0 unspecified atom stereocenters. The minimum Gasteiger partial charge on any atom is -0.380 e.